The van der Waals surface area contributed by atoms with Gasteiger partial charge in [0.25, 0.3) is 5.56 Å². The first kappa shape index (κ1) is 20.3. The summed E-state index contributed by atoms with van der Waals surface area (Å²) in [7, 11) is 1.86. The fraction of sp³-hybridized carbons (Fsp3) is 0.476. The molecule has 6 nitrogen and oxygen atoms in total. The molecule has 2 aromatic rings. The minimum Gasteiger partial charge on any atom is -0.325 e. The van der Waals surface area contributed by atoms with Crippen LogP contribution in [0.5, 0.6) is 0 Å². The first-order valence-electron chi connectivity index (χ1n) is 9.64. The highest BCUT2D eigenvalue weighted by atomic mass is 32.1. The molecule has 0 aliphatic heterocycles. The molecule has 1 fully saturated rings. The van der Waals surface area contributed by atoms with Crippen LogP contribution in [0.15, 0.2) is 40.2 Å². The number of hydrogen-bond acceptors (Lipinski definition) is 3. The van der Waals surface area contributed by atoms with Crippen LogP contribution in [0.1, 0.15) is 45.7 Å². The van der Waals surface area contributed by atoms with Crippen molar-refractivity contribution >= 4 is 28.7 Å². The first-order chi connectivity index (χ1) is 13.2. The van der Waals surface area contributed by atoms with Gasteiger partial charge >= 0.3 is 0 Å². The fourth-order valence-electron chi connectivity index (χ4n) is 4.18. The molecular weight excluding hydrogens is 370 g/mol. The predicted molar refractivity (Wildman–Crippen MR) is 119 cm³/mol. The van der Waals surface area contributed by atoms with Crippen molar-refractivity contribution in [3.8, 4) is 5.69 Å². The Morgan fingerprint density at radius 2 is 1.96 bits per heavy atom. The highest BCUT2D eigenvalue weighted by molar-refractivity contribution is 7.80. The highest BCUT2D eigenvalue weighted by Crippen LogP contribution is 2.36. The normalized spacial score (nSPS) is 20.2. The number of nitrogens with one attached hydrogen (secondary N) is 2. The minimum absolute atomic E-state index is 0.143. The van der Waals surface area contributed by atoms with Crippen molar-refractivity contribution in [2.75, 3.05) is 5.32 Å². The molecule has 0 radical (unpaired) electrons. The second kappa shape index (κ2) is 7.91. The molecule has 7 heteroatoms. The number of rotatable bonds is 3. The van der Waals surface area contributed by atoms with Gasteiger partial charge in [-0.1, -0.05) is 39.0 Å². The van der Waals surface area contributed by atoms with Crippen molar-refractivity contribution in [2.24, 2.45) is 23.5 Å². The van der Waals surface area contributed by atoms with Crippen molar-refractivity contribution in [3.63, 3.8) is 0 Å². The smallest absolute Gasteiger partial charge is 0.295 e. The van der Waals surface area contributed by atoms with Gasteiger partial charge < -0.3 is 5.32 Å². The molecule has 1 saturated carbocycles. The van der Waals surface area contributed by atoms with Crippen molar-refractivity contribution in [3.05, 3.63) is 46.4 Å². The molecule has 1 aliphatic rings. The summed E-state index contributed by atoms with van der Waals surface area (Å²) in [5.74, 6) is 0.611. The zero-order valence-electron chi connectivity index (χ0n) is 17.2. The maximum Gasteiger partial charge on any atom is 0.295 e. The summed E-state index contributed by atoms with van der Waals surface area (Å²) in [6, 6.07) is 9.55. The Morgan fingerprint density at radius 3 is 2.61 bits per heavy atom. The van der Waals surface area contributed by atoms with Gasteiger partial charge in [0.15, 0.2) is 5.11 Å². The molecule has 0 bridgehead atoms. The summed E-state index contributed by atoms with van der Waals surface area (Å²) in [5, 5.41) is 7.89. The van der Waals surface area contributed by atoms with E-state index < -0.39 is 0 Å². The van der Waals surface area contributed by atoms with Crippen LogP contribution in [-0.4, -0.2) is 20.2 Å². The number of nitrogens with zero attached hydrogens (tertiary/aromatic N) is 3. The molecule has 1 aromatic carbocycles. The van der Waals surface area contributed by atoms with E-state index in [1.54, 1.807) is 4.68 Å². The monoisotopic (exact) mass is 399 g/mol. The number of para-hydroxylation sites is 1. The van der Waals surface area contributed by atoms with E-state index in [9.17, 15) is 4.79 Å². The summed E-state index contributed by atoms with van der Waals surface area (Å²) < 4.78 is 3.44. The van der Waals surface area contributed by atoms with Crippen LogP contribution in [0.25, 0.3) is 5.69 Å². The lowest BCUT2D eigenvalue weighted by Gasteiger charge is -2.34. The Bertz CT molecular complexity index is 955. The van der Waals surface area contributed by atoms with Crippen LogP contribution >= 0.6 is 12.2 Å². The Kier molecular flexibility index (Phi) is 5.74. The molecule has 1 atom stereocenters. The molecule has 28 heavy (non-hydrogen) atoms. The lowest BCUT2D eigenvalue weighted by Crippen LogP contribution is -2.32. The van der Waals surface area contributed by atoms with Crippen molar-refractivity contribution in [2.45, 2.75) is 47.0 Å². The largest absolute Gasteiger partial charge is 0.325 e. The number of hydrazone groups is 1. The molecule has 0 saturated heterocycles. The third-order valence-corrected chi connectivity index (χ3v) is 5.47. The van der Waals surface area contributed by atoms with Gasteiger partial charge in [-0.3, -0.25) is 14.9 Å². The summed E-state index contributed by atoms with van der Waals surface area (Å²) >= 11 is 5.39. The Hall–Kier alpha value is -2.41. The fourth-order valence-corrected chi connectivity index (χ4v) is 4.33. The molecule has 0 spiro atoms. The van der Waals surface area contributed by atoms with Gasteiger partial charge in [-0.05, 0) is 61.9 Å². The van der Waals surface area contributed by atoms with Crippen LogP contribution < -0.4 is 16.3 Å². The highest BCUT2D eigenvalue weighted by Gasteiger charge is 2.29. The van der Waals surface area contributed by atoms with Gasteiger partial charge in [-0.15, -0.1) is 0 Å². The van der Waals surface area contributed by atoms with Crippen molar-refractivity contribution < 1.29 is 0 Å². The van der Waals surface area contributed by atoms with Gasteiger partial charge in [0.2, 0.25) is 0 Å². The second-order valence-corrected chi connectivity index (χ2v) is 8.94. The van der Waals surface area contributed by atoms with Crippen molar-refractivity contribution in [1.82, 2.24) is 14.8 Å². The van der Waals surface area contributed by atoms with E-state index in [0.29, 0.717) is 16.7 Å². The molecule has 1 aromatic heterocycles. The average molecular weight is 400 g/mol. The molecule has 2 N–H and O–H groups in total. The van der Waals surface area contributed by atoms with Crippen LogP contribution in [-0.2, 0) is 7.05 Å². The number of anilines is 1. The number of benzene rings is 1. The molecule has 3 rings (SSSR count). The maximum absolute atomic E-state index is 12.9. The van der Waals surface area contributed by atoms with E-state index in [-0.39, 0.29) is 11.0 Å². The van der Waals surface area contributed by atoms with Crippen LogP contribution in [0, 0.1) is 18.3 Å². The van der Waals surface area contributed by atoms with Gasteiger partial charge in [-0.25, -0.2) is 4.68 Å². The Balaban J connectivity index is 1.76. The van der Waals surface area contributed by atoms with E-state index >= 15 is 0 Å². The lowest BCUT2D eigenvalue weighted by molar-refractivity contribution is 0.265. The average Bonchev–Trinajstić information content (AvgIpc) is 2.82. The molecule has 0 unspecified atom stereocenters. The van der Waals surface area contributed by atoms with Gasteiger partial charge in [-0.2, -0.15) is 5.10 Å². The van der Waals surface area contributed by atoms with E-state index in [1.165, 1.54) is 6.42 Å². The lowest BCUT2D eigenvalue weighted by atomic mass is 9.72. The first-order valence-corrected chi connectivity index (χ1v) is 10.1. The molecular formula is C21H29N5OS. The van der Waals surface area contributed by atoms with E-state index in [4.69, 9.17) is 12.2 Å². The summed E-state index contributed by atoms with van der Waals surface area (Å²) in [6.07, 6.45) is 3.14. The second-order valence-electron chi connectivity index (χ2n) is 8.53. The zero-order chi connectivity index (χ0) is 20.5. The van der Waals surface area contributed by atoms with E-state index in [0.717, 1.165) is 29.9 Å². The quantitative estimate of drug-likeness (QED) is 0.605. The number of aromatic nitrogens is 2. The Labute approximate surface area is 171 Å². The molecule has 1 aliphatic carbocycles. The number of hydrogen-bond donors (Lipinski definition) is 2. The van der Waals surface area contributed by atoms with Gasteiger partial charge in [0, 0.05) is 12.8 Å². The summed E-state index contributed by atoms with van der Waals surface area (Å²) in [5.41, 5.74) is 6.24. The van der Waals surface area contributed by atoms with Crippen LogP contribution in [0.4, 0.5) is 5.69 Å². The minimum atomic E-state index is -0.143. The SMILES string of the molecule is Cc1c(NC(=S)N/N=C2\C[C@H](C)CC(C)(C)C2)c(=O)n(-c2ccccc2)n1C. The third-order valence-electron chi connectivity index (χ3n) is 5.28. The Morgan fingerprint density at radius 1 is 1.29 bits per heavy atom. The maximum atomic E-state index is 12.9. The molecule has 0 amide bonds. The zero-order valence-corrected chi connectivity index (χ0v) is 18.1. The standard InChI is InChI=1S/C21H29N5OS/c1-14-11-16(13-21(3,4)12-14)23-24-20(28)22-18-15(2)25(5)26(19(18)27)17-9-7-6-8-10-17/h6-10,14H,11-13H2,1-5H3,(H2,22,24,28)/b23-16+/t14-/m0/s1. The van der Waals surface area contributed by atoms with Crippen LogP contribution in [0.3, 0.4) is 0 Å². The van der Waals surface area contributed by atoms with E-state index in [1.807, 2.05) is 49.0 Å². The topological polar surface area (TPSA) is 63.4 Å². The third kappa shape index (κ3) is 4.35. The van der Waals surface area contributed by atoms with Crippen LogP contribution in [0.2, 0.25) is 0 Å². The van der Waals surface area contributed by atoms with Crippen molar-refractivity contribution in [1.29, 1.82) is 0 Å². The van der Waals surface area contributed by atoms with E-state index in [2.05, 4.69) is 36.6 Å². The van der Waals surface area contributed by atoms with Gasteiger partial charge in [0.05, 0.1) is 11.4 Å². The predicted octanol–water partition coefficient (Wildman–Crippen LogP) is 3.97. The molecule has 150 valence electrons. The summed E-state index contributed by atoms with van der Waals surface area (Å²) in [4.78, 5) is 12.9. The summed E-state index contributed by atoms with van der Waals surface area (Å²) in [6.45, 7) is 8.69. The number of thiocarbonyl (C=S) groups is 1. The molecule has 1 heterocycles. The van der Waals surface area contributed by atoms with Gasteiger partial charge in [0.1, 0.15) is 5.69 Å².